The fourth-order valence-corrected chi connectivity index (χ4v) is 11.5. The summed E-state index contributed by atoms with van der Waals surface area (Å²) in [5.74, 6) is -0.927. The van der Waals surface area contributed by atoms with Crippen LogP contribution in [0, 0.1) is 6.92 Å². The molecule has 0 bridgehead atoms. The Bertz CT molecular complexity index is 1800. The molecule has 0 spiro atoms. The molecule has 254 valence electrons. The molecular weight excluding hydrogens is 639 g/mol. The van der Waals surface area contributed by atoms with Crippen LogP contribution in [0.1, 0.15) is 65.3 Å². The molecule has 0 radical (unpaired) electrons. The molecule has 5 rings (SSSR count). The molecular formula is C34H45N5O6S2. The first kappa shape index (κ1) is 35.1. The number of nitrogens with zero attached hydrogens (tertiary/aromatic N) is 2. The third kappa shape index (κ3) is 6.74. The van der Waals surface area contributed by atoms with Gasteiger partial charge in [-0.25, -0.2) is 25.4 Å². The van der Waals surface area contributed by atoms with Gasteiger partial charge < -0.3 is 16.0 Å². The number of aryl methyl sites for hydroxylation is 1. The summed E-state index contributed by atoms with van der Waals surface area (Å²) in [4.78, 5) is 27.5. The molecule has 3 aromatic rings. The van der Waals surface area contributed by atoms with Crippen molar-refractivity contribution in [1.82, 2.24) is 19.2 Å². The molecule has 2 aliphatic rings. The quantitative estimate of drug-likeness (QED) is 0.260. The maximum atomic E-state index is 14.5. The normalized spacial score (nSPS) is 17.3. The van der Waals surface area contributed by atoms with Gasteiger partial charge >= 0.3 is 0 Å². The smallest absolute Gasteiger partial charge is 0.255 e. The third-order valence-corrected chi connectivity index (χ3v) is 15.7. The van der Waals surface area contributed by atoms with E-state index in [0.29, 0.717) is 73.9 Å². The lowest BCUT2D eigenvalue weighted by Crippen LogP contribution is -2.60. The molecule has 13 heteroatoms. The van der Waals surface area contributed by atoms with Crippen molar-refractivity contribution in [3.05, 3.63) is 77.4 Å². The minimum atomic E-state index is -4.57. The highest BCUT2D eigenvalue weighted by Crippen LogP contribution is 2.38. The van der Waals surface area contributed by atoms with Gasteiger partial charge in [-0.05, 0) is 94.9 Å². The number of hydrogen-bond acceptors (Lipinski definition) is 8. The zero-order chi connectivity index (χ0) is 34.0. The SMILES string of the molecule is Cc1ccccc1C(=O)Nc1ccc(C(=O)CC(C)(S(=O)(=O)N(C)C2CCNCC2)S(=O)(=O)N(C)C2CCNCC2)c2ccccc12. The summed E-state index contributed by atoms with van der Waals surface area (Å²) in [5.41, 5.74) is 1.98. The van der Waals surface area contributed by atoms with E-state index in [1.54, 1.807) is 42.5 Å². The summed E-state index contributed by atoms with van der Waals surface area (Å²) in [6, 6.07) is 16.6. The lowest BCUT2D eigenvalue weighted by Gasteiger charge is -2.41. The van der Waals surface area contributed by atoms with Crippen molar-refractivity contribution in [2.75, 3.05) is 45.6 Å². The fraction of sp³-hybridized carbons (Fsp3) is 0.471. The Balaban J connectivity index is 1.54. The highest BCUT2D eigenvalue weighted by atomic mass is 32.3. The molecule has 3 aromatic carbocycles. The van der Waals surface area contributed by atoms with Gasteiger partial charge in [0.15, 0.2) is 5.78 Å². The van der Waals surface area contributed by atoms with Gasteiger partial charge in [0.1, 0.15) is 0 Å². The van der Waals surface area contributed by atoms with Crippen molar-refractivity contribution >= 4 is 48.2 Å². The van der Waals surface area contributed by atoms with Crippen LogP contribution >= 0.6 is 0 Å². The van der Waals surface area contributed by atoms with E-state index in [9.17, 15) is 26.4 Å². The van der Waals surface area contributed by atoms with Crippen LogP contribution in [0.15, 0.2) is 60.7 Å². The topological polar surface area (TPSA) is 145 Å². The second-order valence-corrected chi connectivity index (χ2v) is 17.8. The molecule has 1 amide bonds. The van der Waals surface area contributed by atoms with Gasteiger partial charge in [-0.1, -0.05) is 42.5 Å². The van der Waals surface area contributed by atoms with Crippen molar-refractivity contribution < 1.29 is 26.4 Å². The first-order chi connectivity index (χ1) is 22.3. The Morgan fingerprint density at radius 2 is 1.23 bits per heavy atom. The van der Waals surface area contributed by atoms with E-state index in [1.807, 2.05) is 19.1 Å². The number of rotatable bonds is 11. The lowest BCUT2D eigenvalue weighted by molar-refractivity contribution is 0.0976. The highest BCUT2D eigenvalue weighted by Gasteiger charge is 2.57. The molecule has 0 aliphatic carbocycles. The average Bonchev–Trinajstić information content (AvgIpc) is 3.08. The molecule has 2 saturated heterocycles. The summed E-state index contributed by atoms with van der Waals surface area (Å²) >= 11 is 0. The number of piperidine rings is 2. The third-order valence-electron chi connectivity index (χ3n) is 9.84. The van der Waals surface area contributed by atoms with E-state index in [2.05, 4.69) is 16.0 Å². The number of nitrogens with one attached hydrogen (secondary N) is 3. The number of amides is 1. The van der Waals surface area contributed by atoms with E-state index in [-0.39, 0.29) is 11.5 Å². The van der Waals surface area contributed by atoms with Crippen LogP contribution in [0.25, 0.3) is 10.8 Å². The number of hydrogen-bond donors (Lipinski definition) is 3. The molecule has 0 unspecified atom stereocenters. The molecule has 0 atom stereocenters. The van der Waals surface area contributed by atoms with Crippen molar-refractivity contribution in [2.24, 2.45) is 0 Å². The Morgan fingerprint density at radius 1 is 0.745 bits per heavy atom. The van der Waals surface area contributed by atoms with E-state index < -0.39 is 48.4 Å². The molecule has 0 saturated carbocycles. The fourth-order valence-electron chi connectivity index (χ4n) is 6.71. The van der Waals surface area contributed by atoms with Gasteiger partial charge in [0.05, 0.1) is 0 Å². The number of sulfonamides is 2. The number of benzene rings is 3. The Hall–Kier alpha value is -3.20. The first-order valence-corrected chi connectivity index (χ1v) is 19.0. The van der Waals surface area contributed by atoms with E-state index >= 15 is 0 Å². The Labute approximate surface area is 278 Å². The van der Waals surface area contributed by atoms with Crippen molar-refractivity contribution in [1.29, 1.82) is 0 Å². The molecule has 3 N–H and O–H groups in total. The van der Waals surface area contributed by atoms with E-state index in [4.69, 9.17) is 0 Å². The van der Waals surface area contributed by atoms with Gasteiger partial charge in [-0.2, -0.15) is 0 Å². The number of carbonyl (C=O) groups is 2. The summed E-state index contributed by atoms with van der Waals surface area (Å²) < 4.78 is 58.0. The van der Waals surface area contributed by atoms with Crippen molar-refractivity contribution in [3.63, 3.8) is 0 Å². The van der Waals surface area contributed by atoms with Crippen LogP contribution in [0.4, 0.5) is 5.69 Å². The maximum absolute atomic E-state index is 14.5. The van der Waals surface area contributed by atoms with Crippen LogP contribution in [-0.2, 0) is 20.0 Å². The monoisotopic (exact) mass is 683 g/mol. The zero-order valence-electron chi connectivity index (χ0n) is 27.5. The predicted molar refractivity (Wildman–Crippen MR) is 186 cm³/mol. The minimum absolute atomic E-state index is 0.181. The summed E-state index contributed by atoms with van der Waals surface area (Å²) in [5, 5.41) is 10.4. The molecule has 0 aromatic heterocycles. The molecule has 11 nitrogen and oxygen atoms in total. The largest absolute Gasteiger partial charge is 0.321 e. The van der Waals surface area contributed by atoms with E-state index in [0.717, 1.165) is 5.56 Å². The summed E-state index contributed by atoms with van der Waals surface area (Å²) in [6.07, 6.45) is 1.35. The molecule has 2 heterocycles. The lowest BCUT2D eigenvalue weighted by atomic mass is 9.97. The van der Waals surface area contributed by atoms with Crippen LogP contribution in [0.3, 0.4) is 0 Å². The molecule has 2 fully saturated rings. The number of fused-ring (bicyclic) bond motifs is 1. The standard InChI is InChI=1S/C34H45N5O6S2/c1-24-9-5-6-10-27(24)33(41)37-31-14-13-30(28-11-7-8-12-29(28)31)32(40)23-34(2,46(42,43)38(3)25-15-19-35-20-16-25)47(44,45)39(4)26-17-21-36-22-18-26/h5-14,25-26,35-36H,15-23H2,1-4H3,(H,37,41). The van der Waals surface area contributed by atoms with Gasteiger partial charge in [0.25, 0.3) is 5.91 Å². The van der Waals surface area contributed by atoms with Crippen molar-refractivity contribution in [2.45, 2.75) is 62.1 Å². The zero-order valence-corrected chi connectivity index (χ0v) is 29.1. The minimum Gasteiger partial charge on any atom is -0.321 e. The van der Waals surface area contributed by atoms with Crippen LogP contribution in [0.2, 0.25) is 0 Å². The average molecular weight is 684 g/mol. The maximum Gasteiger partial charge on any atom is 0.255 e. The van der Waals surface area contributed by atoms with Crippen molar-refractivity contribution in [3.8, 4) is 0 Å². The molecule has 2 aliphatic heterocycles. The van der Waals surface area contributed by atoms with Gasteiger partial charge in [0, 0.05) is 54.8 Å². The number of carbonyl (C=O) groups excluding carboxylic acids is 2. The van der Waals surface area contributed by atoms with Crippen LogP contribution in [0.5, 0.6) is 0 Å². The van der Waals surface area contributed by atoms with Crippen LogP contribution < -0.4 is 16.0 Å². The van der Waals surface area contributed by atoms with Gasteiger partial charge in [0.2, 0.25) is 24.1 Å². The second-order valence-electron chi connectivity index (χ2n) is 12.7. The van der Waals surface area contributed by atoms with Gasteiger partial charge in [-0.3, -0.25) is 9.59 Å². The Kier molecular flexibility index (Phi) is 10.5. The Morgan fingerprint density at radius 3 is 1.77 bits per heavy atom. The predicted octanol–water partition coefficient (Wildman–Crippen LogP) is 3.72. The number of Topliss-reactive ketones (excluding diaryl/α,β-unsaturated/α-hetero) is 1. The number of anilines is 1. The number of ketones is 1. The van der Waals surface area contributed by atoms with Crippen LogP contribution in [-0.4, -0.2) is 93.6 Å². The molecule has 47 heavy (non-hydrogen) atoms. The van der Waals surface area contributed by atoms with E-state index in [1.165, 1.54) is 35.7 Å². The second kappa shape index (κ2) is 14.1. The highest BCUT2D eigenvalue weighted by molar-refractivity contribution is 8.08. The summed E-state index contributed by atoms with van der Waals surface area (Å²) in [7, 11) is -6.30. The summed E-state index contributed by atoms with van der Waals surface area (Å²) in [6.45, 7) is 5.48. The first-order valence-electron chi connectivity index (χ1n) is 16.1. The van der Waals surface area contributed by atoms with Gasteiger partial charge in [-0.15, -0.1) is 0 Å².